The van der Waals surface area contributed by atoms with E-state index in [1.807, 2.05) is 102 Å². The predicted octanol–water partition coefficient (Wildman–Crippen LogP) is 11.5. The molecule has 12 rings (SSSR count). The van der Waals surface area contributed by atoms with E-state index in [4.69, 9.17) is 9.97 Å². The summed E-state index contributed by atoms with van der Waals surface area (Å²) in [6.45, 7) is 4.54. The molecule has 10 aromatic rings. The summed E-state index contributed by atoms with van der Waals surface area (Å²) >= 11 is 0. The SMILES string of the molecule is CNC(=O)c1ccc(-c2cnn3cc(-c4ccc(N5CCCCC5)cc4)cnc23)c2ccccc12.O=C(O)c1ccc(-c2cnn3cc(-c4ccc(N5CCCCC5)cc4)cnc23)c2ccccc12. The van der Waals surface area contributed by atoms with Gasteiger partial charge in [0, 0.05) is 97.2 Å². The van der Waals surface area contributed by atoms with Gasteiger partial charge < -0.3 is 20.2 Å². The van der Waals surface area contributed by atoms with Gasteiger partial charge in [-0.1, -0.05) is 84.9 Å². The van der Waals surface area contributed by atoms with Crippen LogP contribution in [0.2, 0.25) is 0 Å². The number of carbonyl (C=O) groups excluding carboxylic acids is 1. The predicted molar refractivity (Wildman–Crippen MR) is 275 cm³/mol. The summed E-state index contributed by atoms with van der Waals surface area (Å²) in [5.74, 6) is -1.03. The zero-order chi connectivity index (χ0) is 46.8. The highest BCUT2D eigenvalue weighted by molar-refractivity contribution is 6.12. The minimum atomic E-state index is -0.934. The summed E-state index contributed by atoms with van der Waals surface area (Å²) in [5, 5.41) is 25.0. The molecule has 0 spiro atoms. The number of hydrogen-bond donors (Lipinski definition) is 2. The van der Waals surface area contributed by atoms with Gasteiger partial charge in [-0.3, -0.25) is 4.79 Å². The maximum absolute atomic E-state index is 12.4. The molecule has 2 N–H and O–H groups in total. The normalized spacial score (nSPS) is 14.0. The molecule has 2 saturated heterocycles. The number of anilines is 2. The van der Waals surface area contributed by atoms with E-state index in [2.05, 4.69) is 73.8 Å². The van der Waals surface area contributed by atoms with E-state index in [1.54, 1.807) is 23.8 Å². The van der Waals surface area contributed by atoms with Crippen LogP contribution in [-0.4, -0.2) is 79.4 Å². The maximum Gasteiger partial charge on any atom is 0.336 e. The van der Waals surface area contributed by atoms with E-state index in [0.29, 0.717) is 16.5 Å². The van der Waals surface area contributed by atoms with Crippen LogP contribution in [-0.2, 0) is 0 Å². The van der Waals surface area contributed by atoms with Crippen LogP contribution in [0.4, 0.5) is 11.4 Å². The average molecular weight is 910 g/mol. The van der Waals surface area contributed by atoms with Crippen LogP contribution >= 0.6 is 0 Å². The zero-order valence-corrected chi connectivity index (χ0v) is 38.4. The number of hydrogen-bond acceptors (Lipinski definition) is 8. The highest BCUT2D eigenvalue weighted by Gasteiger charge is 2.19. The molecule has 2 fully saturated rings. The van der Waals surface area contributed by atoms with Gasteiger partial charge in [-0.25, -0.2) is 23.8 Å². The molecular weight excluding hydrogens is 859 g/mol. The Bertz CT molecular complexity index is 3510. The Morgan fingerprint density at radius 2 is 0.884 bits per heavy atom. The van der Waals surface area contributed by atoms with Gasteiger partial charge in [-0.05, 0) is 119 Å². The second kappa shape index (κ2) is 18.7. The highest BCUT2D eigenvalue weighted by Crippen LogP contribution is 2.36. The van der Waals surface area contributed by atoms with E-state index >= 15 is 0 Å². The molecule has 12 nitrogen and oxygen atoms in total. The van der Waals surface area contributed by atoms with Crippen LogP contribution in [0, 0.1) is 0 Å². The number of carboxylic acid groups (broad SMARTS) is 1. The first-order chi connectivity index (χ1) is 33.9. The van der Waals surface area contributed by atoms with Gasteiger partial charge in [-0.15, -0.1) is 0 Å². The Hall–Kier alpha value is -8.38. The molecule has 0 unspecified atom stereocenters. The standard InChI is InChI=1S/C29H27N5O.C28H24N4O2/c1-30-29(35)26-14-13-25(23-7-3-4-8-24(23)26)27-18-32-34-19-21(17-31-28(27)34)20-9-11-22(12-10-20)33-15-5-2-6-16-33;33-28(34)25-13-12-24(22-6-2-3-7-23(22)25)26-17-30-32-18-20(16-29-27(26)32)19-8-10-21(11-9-19)31-14-4-1-5-15-31/h3-4,7-14,17-19H,2,5-6,15-16H2,1H3,(H,30,35);2-3,6-13,16-18H,1,4-5,14-15H2,(H,33,34). The first-order valence-corrected chi connectivity index (χ1v) is 23.8. The molecule has 4 aromatic heterocycles. The topological polar surface area (TPSA) is 133 Å². The van der Waals surface area contributed by atoms with Gasteiger partial charge >= 0.3 is 5.97 Å². The fourth-order valence-electron chi connectivity index (χ4n) is 10.0. The molecule has 69 heavy (non-hydrogen) atoms. The van der Waals surface area contributed by atoms with Crippen molar-refractivity contribution in [3.8, 4) is 44.5 Å². The second-order valence-electron chi connectivity index (χ2n) is 17.8. The van der Waals surface area contributed by atoms with Gasteiger partial charge in [-0.2, -0.15) is 10.2 Å². The molecular formula is C57H51N9O3. The van der Waals surface area contributed by atoms with Crippen LogP contribution in [0.15, 0.2) is 159 Å². The molecule has 342 valence electrons. The lowest BCUT2D eigenvalue weighted by Crippen LogP contribution is -2.29. The number of piperidine rings is 2. The van der Waals surface area contributed by atoms with Crippen LogP contribution in [0.1, 0.15) is 59.2 Å². The summed E-state index contributed by atoms with van der Waals surface area (Å²) in [7, 11) is 1.65. The fraction of sp³-hybridized carbons (Fsp3) is 0.193. The number of rotatable bonds is 8. The minimum Gasteiger partial charge on any atom is -0.478 e. The third kappa shape index (κ3) is 8.39. The van der Waals surface area contributed by atoms with Gasteiger partial charge in [0.15, 0.2) is 11.3 Å². The summed E-state index contributed by atoms with van der Waals surface area (Å²) in [4.78, 5) is 38.5. The number of carboxylic acids is 1. The van der Waals surface area contributed by atoms with E-state index < -0.39 is 5.97 Å². The molecule has 6 aromatic carbocycles. The molecule has 2 aliphatic heterocycles. The average Bonchev–Trinajstić information content (AvgIpc) is 4.05. The van der Waals surface area contributed by atoms with Crippen molar-refractivity contribution in [3.05, 3.63) is 170 Å². The second-order valence-corrected chi connectivity index (χ2v) is 17.8. The largest absolute Gasteiger partial charge is 0.478 e. The lowest BCUT2D eigenvalue weighted by molar-refractivity contribution is 0.0698. The summed E-state index contributed by atoms with van der Waals surface area (Å²) in [6, 6.07) is 40.3. The van der Waals surface area contributed by atoms with Crippen molar-refractivity contribution >= 4 is 56.1 Å². The third-order valence-electron chi connectivity index (χ3n) is 13.7. The smallest absolute Gasteiger partial charge is 0.336 e. The summed E-state index contributed by atoms with van der Waals surface area (Å²) in [5.41, 5.74) is 13.0. The summed E-state index contributed by atoms with van der Waals surface area (Å²) < 4.78 is 3.63. The Balaban J connectivity index is 0.000000151. The molecule has 0 aliphatic carbocycles. The number of nitrogens with one attached hydrogen (secondary N) is 1. The van der Waals surface area contributed by atoms with Crippen LogP contribution in [0.3, 0.4) is 0 Å². The van der Waals surface area contributed by atoms with Crippen LogP contribution in [0.5, 0.6) is 0 Å². The molecule has 0 radical (unpaired) electrons. The van der Waals surface area contributed by atoms with E-state index in [0.717, 1.165) is 98.1 Å². The van der Waals surface area contributed by atoms with Crippen LogP contribution < -0.4 is 15.1 Å². The highest BCUT2D eigenvalue weighted by atomic mass is 16.4. The van der Waals surface area contributed by atoms with E-state index in [1.165, 1.54) is 49.9 Å². The number of fused-ring (bicyclic) bond motifs is 4. The molecule has 0 saturated carbocycles. The number of carbonyl (C=O) groups is 2. The molecule has 12 heteroatoms. The number of aromatic nitrogens is 6. The lowest BCUT2D eigenvalue weighted by atomic mass is 9.96. The monoisotopic (exact) mass is 909 g/mol. The number of amides is 1. The van der Waals surface area contributed by atoms with Gasteiger partial charge in [0.1, 0.15) is 0 Å². The van der Waals surface area contributed by atoms with Gasteiger partial charge in [0.2, 0.25) is 0 Å². The van der Waals surface area contributed by atoms with Crippen LogP contribution in [0.25, 0.3) is 77.3 Å². The summed E-state index contributed by atoms with van der Waals surface area (Å²) in [6.07, 6.45) is 19.2. The number of benzene rings is 6. The van der Waals surface area contributed by atoms with Crippen molar-refractivity contribution < 1.29 is 14.7 Å². The zero-order valence-electron chi connectivity index (χ0n) is 38.4. The Kier molecular flexibility index (Phi) is 11.7. The van der Waals surface area contributed by atoms with Crippen molar-refractivity contribution in [2.45, 2.75) is 38.5 Å². The van der Waals surface area contributed by atoms with Crippen molar-refractivity contribution in [3.63, 3.8) is 0 Å². The minimum absolute atomic E-state index is 0.0957. The Labute approximate surface area is 399 Å². The van der Waals surface area contributed by atoms with Crippen molar-refractivity contribution in [1.29, 1.82) is 0 Å². The number of aromatic carboxylic acids is 1. The quantitative estimate of drug-likeness (QED) is 0.153. The van der Waals surface area contributed by atoms with Crippen molar-refractivity contribution in [2.75, 3.05) is 43.0 Å². The van der Waals surface area contributed by atoms with E-state index in [9.17, 15) is 14.7 Å². The molecule has 0 atom stereocenters. The van der Waals surface area contributed by atoms with Gasteiger partial charge in [0.05, 0.1) is 18.0 Å². The lowest BCUT2D eigenvalue weighted by Gasteiger charge is -2.28. The molecule has 0 bridgehead atoms. The first-order valence-electron chi connectivity index (χ1n) is 23.8. The molecule has 1 amide bonds. The molecule has 6 heterocycles. The van der Waals surface area contributed by atoms with Crippen molar-refractivity contribution in [2.24, 2.45) is 0 Å². The first kappa shape index (κ1) is 43.2. The van der Waals surface area contributed by atoms with E-state index in [-0.39, 0.29) is 5.91 Å². The maximum atomic E-state index is 12.4. The van der Waals surface area contributed by atoms with Crippen molar-refractivity contribution in [1.82, 2.24) is 34.5 Å². The fourth-order valence-corrected chi connectivity index (χ4v) is 10.0. The Morgan fingerprint density at radius 1 is 0.464 bits per heavy atom. The Morgan fingerprint density at radius 3 is 1.32 bits per heavy atom. The third-order valence-corrected chi connectivity index (χ3v) is 13.7. The number of nitrogens with zero attached hydrogens (tertiary/aromatic N) is 8. The molecule has 2 aliphatic rings. The van der Waals surface area contributed by atoms with Gasteiger partial charge in [0.25, 0.3) is 5.91 Å².